The Morgan fingerprint density at radius 3 is 3.00 bits per heavy atom. The summed E-state index contributed by atoms with van der Waals surface area (Å²) in [4.78, 5) is 0. The molecule has 2 aliphatic rings. The summed E-state index contributed by atoms with van der Waals surface area (Å²) in [5, 5.41) is 8.27. The monoisotopic (exact) mass is 323 g/mol. The van der Waals surface area contributed by atoms with Crippen molar-refractivity contribution in [3.05, 3.63) is 22.2 Å². The van der Waals surface area contributed by atoms with Gasteiger partial charge in [0.1, 0.15) is 5.84 Å². The SMILES string of the molecule is CCC1CC(N)=NN=C1c1cc(Br)c2c(c1)OCO2. The Kier molecular flexibility index (Phi) is 3.18. The first kappa shape index (κ1) is 12.5. The van der Waals surface area contributed by atoms with Crippen molar-refractivity contribution in [2.24, 2.45) is 21.9 Å². The van der Waals surface area contributed by atoms with Gasteiger partial charge in [-0.15, -0.1) is 5.10 Å². The maximum absolute atomic E-state index is 5.75. The largest absolute Gasteiger partial charge is 0.454 e. The lowest BCUT2D eigenvalue weighted by Gasteiger charge is -2.20. The van der Waals surface area contributed by atoms with Gasteiger partial charge in [-0.25, -0.2) is 0 Å². The van der Waals surface area contributed by atoms with E-state index < -0.39 is 0 Å². The molecule has 3 rings (SSSR count). The van der Waals surface area contributed by atoms with E-state index in [0.717, 1.165) is 40.1 Å². The summed E-state index contributed by atoms with van der Waals surface area (Å²) in [6, 6.07) is 3.94. The zero-order chi connectivity index (χ0) is 13.4. The molecule has 0 aliphatic carbocycles. The molecular formula is C13H14BrN3O2. The molecule has 1 aromatic carbocycles. The first-order chi connectivity index (χ1) is 9.19. The van der Waals surface area contributed by atoms with Crippen LogP contribution in [0.2, 0.25) is 0 Å². The van der Waals surface area contributed by atoms with Crippen molar-refractivity contribution in [1.29, 1.82) is 0 Å². The number of fused-ring (bicyclic) bond motifs is 1. The average Bonchev–Trinajstić information content (AvgIpc) is 2.87. The molecule has 0 fully saturated rings. The Hall–Kier alpha value is -1.56. The number of ether oxygens (including phenoxy) is 2. The van der Waals surface area contributed by atoms with Gasteiger partial charge in [-0.1, -0.05) is 6.92 Å². The average molecular weight is 324 g/mol. The van der Waals surface area contributed by atoms with Crippen molar-refractivity contribution in [2.45, 2.75) is 19.8 Å². The summed E-state index contributed by atoms with van der Waals surface area (Å²) in [6.45, 7) is 2.38. The smallest absolute Gasteiger partial charge is 0.231 e. The van der Waals surface area contributed by atoms with E-state index >= 15 is 0 Å². The van der Waals surface area contributed by atoms with Crippen molar-refractivity contribution in [2.75, 3.05) is 6.79 Å². The molecule has 1 unspecified atom stereocenters. The van der Waals surface area contributed by atoms with Crippen molar-refractivity contribution in [3.63, 3.8) is 0 Å². The maximum atomic E-state index is 5.75. The lowest BCUT2D eigenvalue weighted by atomic mass is 9.90. The maximum Gasteiger partial charge on any atom is 0.231 e. The van der Waals surface area contributed by atoms with Gasteiger partial charge in [0.05, 0.1) is 10.2 Å². The zero-order valence-electron chi connectivity index (χ0n) is 10.5. The molecule has 2 N–H and O–H groups in total. The Balaban J connectivity index is 2.04. The molecule has 5 nitrogen and oxygen atoms in total. The Morgan fingerprint density at radius 1 is 1.37 bits per heavy atom. The zero-order valence-corrected chi connectivity index (χ0v) is 12.1. The number of halogens is 1. The predicted molar refractivity (Wildman–Crippen MR) is 76.8 cm³/mol. The van der Waals surface area contributed by atoms with Crippen LogP contribution < -0.4 is 15.2 Å². The molecule has 0 saturated carbocycles. The van der Waals surface area contributed by atoms with E-state index in [0.29, 0.717) is 11.8 Å². The number of amidine groups is 1. The number of hydrogen-bond acceptors (Lipinski definition) is 5. The summed E-state index contributed by atoms with van der Waals surface area (Å²) in [5.74, 6) is 2.38. The number of benzene rings is 1. The minimum atomic E-state index is 0.256. The number of rotatable bonds is 2. The van der Waals surface area contributed by atoms with Crippen LogP contribution in [-0.2, 0) is 0 Å². The van der Waals surface area contributed by atoms with Crippen molar-refractivity contribution in [1.82, 2.24) is 0 Å². The number of hydrogen-bond donors (Lipinski definition) is 1. The van der Waals surface area contributed by atoms with Crippen LogP contribution >= 0.6 is 15.9 Å². The van der Waals surface area contributed by atoms with Crippen molar-refractivity contribution >= 4 is 27.5 Å². The number of nitrogens with zero attached hydrogens (tertiary/aromatic N) is 2. The Bertz CT molecular complexity index is 583. The van der Waals surface area contributed by atoms with Crippen LogP contribution in [-0.4, -0.2) is 18.3 Å². The van der Waals surface area contributed by atoms with E-state index in [-0.39, 0.29) is 6.79 Å². The van der Waals surface area contributed by atoms with Gasteiger partial charge >= 0.3 is 0 Å². The van der Waals surface area contributed by atoms with Gasteiger partial charge in [-0.3, -0.25) is 0 Å². The van der Waals surface area contributed by atoms with E-state index in [1.165, 1.54) is 0 Å². The highest BCUT2D eigenvalue weighted by molar-refractivity contribution is 9.10. The van der Waals surface area contributed by atoms with Crippen LogP contribution in [0.5, 0.6) is 11.5 Å². The summed E-state index contributed by atoms with van der Waals surface area (Å²) in [7, 11) is 0. The summed E-state index contributed by atoms with van der Waals surface area (Å²) in [5.41, 5.74) is 7.70. The minimum absolute atomic E-state index is 0.256. The normalized spacial score (nSPS) is 21.1. The molecule has 2 aliphatic heterocycles. The van der Waals surface area contributed by atoms with E-state index in [2.05, 4.69) is 33.1 Å². The molecule has 19 heavy (non-hydrogen) atoms. The van der Waals surface area contributed by atoms with E-state index in [9.17, 15) is 0 Å². The fraction of sp³-hybridized carbons (Fsp3) is 0.385. The first-order valence-electron chi connectivity index (χ1n) is 6.18. The van der Waals surface area contributed by atoms with Crippen LogP contribution in [0, 0.1) is 5.92 Å². The first-order valence-corrected chi connectivity index (χ1v) is 6.97. The van der Waals surface area contributed by atoms with Gasteiger partial charge in [0.25, 0.3) is 0 Å². The topological polar surface area (TPSA) is 69.2 Å². The second-order valence-electron chi connectivity index (χ2n) is 4.58. The minimum Gasteiger partial charge on any atom is -0.454 e. The van der Waals surface area contributed by atoms with Gasteiger partial charge in [0.15, 0.2) is 11.5 Å². The molecule has 0 spiro atoms. The van der Waals surface area contributed by atoms with E-state index in [1.807, 2.05) is 12.1 Å². The molecule has 6 heteroatoms. The second-order valence-corrected chi connectivity index (χ2v) is 5.43. The van der Waals surface area contributed by atoms with Crippen molar-refractivity contribution in [3.8, 4) is 11.5 Å². The molecule has 0 saturated heterocycles. The molecule has 0 bridgehead atoms. The van der Waals surface area contributed by atoms with Crippen LogP contribution in [0.25, 0.3) is 0 Å². The lowest BCUT2D eigenvalue weighted by Crippen LogP contribution is -2.26. The fourth-order valence-corrected chi connectivity index (χ4v) is 2.89. The fourth-order valence-electron chi connectivity index (χ4n) is 2.34. The predicted octanol–water partition coefficient (Wildman–Crippen LogP) is 2.67. The highest BCUT2D eigenvalue weighted by atomic mass is 79.9. The van der Waals surface area contributed by atoms with Crippen LogP contribution in [0.15, 0.2) is 26.8 Å². The molecule has 0 amide bonds. The Labute approximate surface area is 119 Å². The van der Waals surface area contributed by atoms with Gasteiger partial charge in [-0.05, 0) is 34.5 Å². The molecule has 1 aromatic rings. The summed E-state index contributed by atoms with van der Waals surface area (Å²) >= 11 is 3.50. The lowest BCUT2D eigenvalue weighted by molar-refractivity contribution is 0.173. The highest BCUT2D eigenvalue weighted by Crippen LogP contribution is 2.41. The highest BCUT2D eigenvalue weighted by Gasteiger charge is 2.25. The van der Waals surface area contributed by atoms with Gasteiger partial charge < -0.3 is 15.2 Å². The third-order valence-electron chi connectivity index (χ3n) is 3.34. The quantitative estimate of drug-likeness (QED) is 0.909. The van der Waals surface area contributed by atoms with Crippen molar-refractivity contribution < 1.29 is 9.47 Å². The van der Waals surface area contributed by atoms with Gasteiger partial charge in [0, 0.05) is 17.9 Å². The van der Waals surface area contributed by atoms with E-state index in [1.54, 1.807) is 0 Å². The number of nitrogens with two attached hydrogens (primary N) is 1. The molecular weight excluding hydrogens is 310 g/mol. The molecule has 2 heterocycles. The van der Waals surface area contributed by atoms with Crippen LogP contribution in [0.4, 0.5) is 0 Å². The Morgan fingerprint density at radius 2 is 2.21 bits per heavy atom. The summed E-state index contributed by atoms with van der Waals surface area (Å²) in [6.07, 6.45) is 1.72. The second kappa shape index (κ2) is 4.85. The third kappa shape index (κ3) is 2.20. The summed E-state index contributed by atoms with van der Waals surface area (Å²) < 4.78 is 11.7. The van der Waals surface area contributed by atoms with Gasteiger partial charge in [0.2, 0.25) is 6.79 Å². The van der Waals surface area contributed by atoms with Crippen LogP contribution in [0.1, 0.15) is 25.3 Å². The molecule has 100 valence electrons. The van der Waals surface area contributed by atoms with Crippen LogP contribution in [0.3, 0.4) is 0 Å². The standard InChI is InChI=1S/C13H14BrN3O2/c1-2-7-5-11(15)16-17-12(7)8-3-9(14)13-10(4-8)18-6-19-13/h3-4,7H,2,5-6H2,1H3,(H2,15,16). The van der Waals surface area contributed by atoms with Gasteiger partial charge in [-0.2, -0.15) is 5.10 Å². The molecule has 0 aromatic heterocycles. The molecule has 0 radical (unpaired) electrons. The molecule has 1 atom stereocenters. The third-order valence-corrected chi connectivity index (χ3v) is 3.93. The van der Waals surface area contributed by atoms with E-state index in [4.69, 9.17) is 15.2 Å².